The Kier molecular flexibility index (Phi) is 5.52. The molecule has 0 saturated carbocycles. The highest BCUT2D eigenvalue weighted by Crippen LogP contribution is 2.24. The molecule has 2 aromatic rings. The number of rotatable bonds is 6. The lowest BCUT2D eigenvalue weighted by Gasteiger charge is -2.18. The molecule has 1 unspecified atom stereocenters. The average Bonchev–Trinajstić information content (AvgIpc) is 2.55. The van der Waals surface area contributed by atoms with Gasteiger partial charge in [-0.3, -0.25) is 9.59 Å². The fourth-order valence-electron chi connectivity index (χ4n) is 2.27. The van der Waals surface area contributed by atoms with Gasteiger partial charge in [0.25, 0.3) is 5.91 Å². The van der Waals surface area contributed by atoms with E-state index in [0.717, 1.165) is 17.5 Å². The first kappa shape index (κ1) is 16.7. The number of carbonyl (C=O) groups excluding carboxylic acids is 2. The van der Waals surface area contributed by atoms with E-state index in [1.807, 2.05) is 24.3 Å². The molecule has 1 N–H and O–H groups in total. The Hall–Kier alpha value is -2.62. The van der Waals surface area contributed by atoms with Crippen LogP contribution in [0.4, 0.5) is 5.69 Å². The van der Waals surface area contributed by atoms with Gasteiger partial charge in [-0.25, -0.2) is 0 Å². The van der Waals surface area contributed by atoms with Crippen LogP contribution in [0, 0.1) is 0 Å². The first-order valence-electron chi connectivity index (χ1n) is 7.63. The van der Waals surface area contributed by atoms with Gasteiger partial charge in [0.2, 0.25) is 0 Å². The van der Waals surface area contributed by atoms with Crippen LogP contribution in [0.2, 0.25) is 0 Å². The third-order valence-electron chi connectivity index (χ3n) is 3.52. The lowest BCUT2D eigenvalue weighted by molar-refractivity contribution is -0.122. The molecule has 0 aromatic heterocycles. The van der Waals surface area contributed by atoms with Gasteiger partial charge >= 0.3 is 0 Å². The lowest BCUT2D eigenvalue weighted by atomic mass is 10.0. The summed E-state index contributed by atoms with van der Waals surface area (Å²) in [5.41, 5.74) is 2.39. The van der Waals surface area contributed by atoms with E-state index in [2.05, 4.69) is 19.2 Å². The molecule has 1 atom stereocenters. The van der Waals surface area contributed by atoms with Crippen LogP contribution < -0.4 is 10.1 Å². The largest absolute Gasteiger partial charge is 0.481 e. The summed E-state index contributed by atoms with van der Waals surface area (Å²) < 4.78 is 5.62. The van der Waals surface area contributed by atoms with Crippen LogP contribution in [0.15, 0.2) is 48.5 Å². The van der Waals surface area contributed by atoms with E-state index in [4.69, 9.17) is 4.74 Å². The van der Waals surface area contributed by atoms with E-state index in [1.54, 1.807) is 31.2 Å². The summed E-state index contributed by atoms with van der Waals surface area (Å²) in [4.78, 5) is 23.1. The van der Waals surface area contributed by atoms with E-state index in [1.165, 1.54) is 0 Å². The van der Waals surface area contributed by atoms with E-state index in [9.17, 15) is 9.59 Å². The molecule has 0 fully saturated rings. The Bertz CT molecular complexity index is 695. The fraction of sp³-hybridized carbons (Fsp3) is 0.263. The molecule has 2 rings (SSSR count). The highest BCUT2D eigenvalue weighted by molar-refractivity contribution is 5.94. The molecule has 120 valence electrons. The molecular weight excluding hydrogens is 290 g/mol. The van der Waals surface area contributed by atoms with Crippen molar-refractivity contribution in [1.29, 1.82) is 0 Å². The summed E-state index contributed by atoms with van der Waals surface area (Å²) in [6, 6.07) is 14.5. The van der Waals surface area contributed by atoms with Crippen molar-refractivity contribution >= 4 is 17.9 Å². The van der Waals surface area contributed by atoms with Crippen molar-refractivity contribution in [3.63, 3.8) is 0 Å². The van der Waals surface area contributed by atoms with Crippen LogP contribution in [-0.2, 0) is 4.79 Å². The van der Waals surface area contributed by atoms with Crippen LogP contribution in [0.3, 0.4) is 0 Å². The molecule has 0 heterocycles. The van der Waals surface area contributed by atoms with Crippen molar-refractivity contribution < 1.29 is 14.3 Å². The number of hydrogen-bond donors (Lipinski definition) is 1. The van der Waals surface area contributed by atoms with Gasteiger partial charge < -0.3 is 10.1 Å². The van der Waals surface area contributed by atoms with Crippen molar-refractivity contribution in [3.8, 4) is 5.75 Å². The highest BCUT2D eigenvalue weighted by Gasteiger charge is 2.17. The summed E-state index contributed by atoms with van der Waals surface area (Å²) >= 11 is 0. The lowest BCUT2D eigenvalue weighted by Crippen LogP contribution is -2.30. The van der Waals surface area contributed by atoms with Gasteiger partial charge in [-0.05, 0) is 36.6 Å². The zero-order chi connectivity index (χ0) is 16.8. The van der Waals surface area contributed by atoms with Gasteiger partial charge in [0.05, 0.1) is 0 Å². The molecular formula is C19H21NO3. The standard InChI is InChI=1S/C19H21NO3/c1-13(2)17-9-4-5-10-18(17)20-19(22)14(3)23-16-8-6-7-15(11-16)12-21/h4-14H,1-3H3,(H,20,22). The molecule has 0 aliphatic rings. The van der Waals surface area contributed by atoms with Crippen molar-refractivity contribution in [2.75, 3.05) is 5.32 Å². The molecule has 0 radical (unpaired) electrons. The zero-order valence-corrected chi connectivity index (χ0v) is 13.6. The molecule has 4 heteroatoms. The van der Waals surface area contributed by atoms with Crippen LogP contribution in [-0.4, -0.2) is 18.3 Å². The minimum atomic E-state index is -0.669. The van der Waals surface area contributed by atoms with Gasteiger partial charge in [-0.1, -0.05) is 44.2 Å². The van der Waals surface area contributed by atoms with Gasteiger partial charge in [0.15, 0.2) is 6.10 Å². The molecule has 0 spiro atoms. The van der Waals surface area contributed by atoms with Crippen LogP contribution >= 0.6 is 0 Å². The second kappa shape index (κ2) is 7.58. The maximum Gasteiger partial charge on any atom is 0.265 e. The monoisotopic (exact) mass is 311 g/mol. The fourth-order valence-corrected chi connectivity index (χ4v) is 2.27. The number of amides is 1. The number of anilines is 1. The number of para-hydroxylation sites is 1. The number of benzene rings is 2. The van der Waals surface area contributed by atoms with Crippen molar-refractivity contribution in [2.24, 2.45) is 0 Å². The van der Waals surface area contributed by atoms with E-state index >= 15 is 0 Å². The van der Waals surface area contributed by atoms with E-state index < -0.39 is 6.10 Å². The maximum atomic E-state index is 12.3. The zero-order valence-electron chi connectivity index (χ0n) is 13.6. The van der Waals surface area contributed by atoms with E-state index in [0.29, 0.717) is 17.2 Å². The molecule has 0 aliphatic heterocycles. The van der Waals surface area contributed by atoms with Gasteiger partial charge in [-0.2, -0.15) is 0 Å². The van der Waals surface area contributed by atoms with Gasteiger partial charge in [-0.15, -0.1) is 0 Å². The smallest absolute Gasteiger partial charge is 0.265 e. The first-order chi connectivity index (χ1) is 11.0. The Morgan fingerprint density at radius 3 is 2.52 bits per heavy atom. The van der Waals surface area contributed by atoms with Crippen molar-refractivity contribution in [2.45, 2.75) is 32.8 Å². The number of nitrogens with one attached hydrogen (secondary N) is 1. The Labute approximate surface area is 136 Å². The van der Waals surface area contributed by atoms with Gasteiger partial charge in [0.1, 0.15) is 12.0 Å². The SMILES string of the molecule is CC(Oc1cccc(C=O)c1)C(=O)Nc1ccccc1C(C)C. The third kappa shape index (κ3) is 4.42. The second-order valence-corrected chi connectivity index (χ2v) is 5.68. The maximum absolute atomic E-state index is 12.3. The second-order valence-electron chi connectivity index (χ2n) is 5.68. The number of aldehydes is 1. The molecule has 0 aliphatic carbocycles. The first-order valence-corrected chi connectivity index (χ1v) is 7.63. The molecule has 1 amide bonds. The highest BCUT2D eigenvalue weighted by atomic mass is 16.5. The predicted octanol–water partition coefficient (Wildman–Crippen LogP) is 4.03. The molecule has 2 aromatic carbocycles. The summed E-state index contributed by atoms with van der Waals surface area (Å²) in [5, 5.41) is 2.91. The summed E-state index contributed by atoms with van der Waals surface area (Å²) in [5.74, 6) is 0.580. The topological polar surface area (TPSA) is 55.4 Å². The molecule has 0 saturated heterocycles. The molecule has 23 heavy (non-hydrogen) atoms. The van der Waals surface area contributed by atoms with Crippen LogP contribution in [0.25, 0.3) is 0 Å². The van der Waals surface area contributed by atoms with Crippen LogP contribution in [0.1, 0.15) is 42.6 Å². The summed E-state index contributed by atoms with van der Waals surface area (Å²) in [6.45, 7) is 5.84. The third-order valence-corrected chi connectivity index (χ3v) is 3.52. The molecule has 4 nitrogen and oxygen atoms in total. The number of hydrogen-bond acceptors (Lipinski definition) is 3. The number of ether oxygens (including phenoxy) is 1. The normalized spacial score (nSPS) is 11.8. The minimum absolute atomic E-state index is 0.227. The average molecular weight is 311 g/mol. The summed E-state index contributed by atoms with van der Waals surface area (Å²) in [6.07, 6.45) is 0.0772. The predicted molar refractivity (Wildman–Crippen MR) is 91.1 cm³/mol. The Balaban J connectivity index is 2.07. The van der Waals surface area contributed by atoms with Crippen molar-refractivity contribution in [3.05, 3.63) is 59.7 Å². The van der Waals surface area contributed by atoms with E-state index in [-0.39, 0.29) is 5.91 Å². The Morgan fingerprint density at radius 2 is 1.83 bits per heavy atom. The number of carbonyl (C=O) groups is 2. The quantitative estimate of drug-likeness (QED) is 0.819. The molecule has 0 bridgehead atoms. The minimum Gasteiger partial charge on any atom is -0.481 e. The van der Waals surface area contributed by atoms with Gasteiger partial charge in [0, 0.05) is 11.3 Å². The summed E-state index contributed by atoms with van der Waals surface area (Å²) in [7, 11) is 0. The van der Waals surface area contributed by atoms with Crippen LogP contribution in [0.5, 0.6) is 5.75 Å². The Morgan fingerprint density at radius 1 is 1.09 bits per heavy atom. The van der Waals surface area contributed by atoms with Crippen molar-refractivity contribution in [1.82, 2.24) is 0 Å².